The van der Waals surface area contributed by atoms with Crippen LogP contribution in [0.5, 0.6) is 17.2 Å². The van der Waals surface area contributed by atoms with Crippen molar-refractivity contribution in [1.29, 1.82) is 0 Å². The summed E-state index contributed by atoms with van der Waals surface area (Å²) in [6.45, 7) is 6.55. The first-order valence-electron chi connectivity index (χ1n) is 8.05. The number of phenolic OH excluding ortho intramolecular Hbond substituents is 2. The maximum absolute atomic E-state index is 9.60. The summed E-state index contributed by atoms with van der Waals surface area (Å²) in [6, 6.07) is 11.4. The third-order valence-electron chi connectivity index (χ3n) is 4.59. The summed E-state index contributed by atoms with van der Waals surface area (Å²) in [7, 11) is 1.69. The Kier molecular flexibility index (Phi) is 5.54. The minimum Gasteiger partial charge on any atom is -0.504 e. The number of aromatic hydroxyl groups is 2. The molecule has 2 unspecified atom stereocenters. The molecule has 0 aliphatic heterocycles. The molecular formula is C20H26O3. The van der Waals surface area contributed by atoms with Crippen LogP contribution in [-0.4, -0.2) is 17.3 Å². The van der Waals surface area contributed by atoms with Crippen molar-refractivity contribution < 1.29 is 14.9 Å². The minimum absolute atomic E-state index is 0.0480. The van der Waals surface area contributed by atoms with Gasteiger partial charge in [-0.05, 0) is 66.5 Å². The Balaban J connectivity index is 2.00. The zero-order valence-electron chi connectivity index (χ0n) is 14.3. The van der Waals surface area contributed by atoms with Crippen molar-refractivity contribution in [2.75, 3.05) is 7.11 Å². The Labute approximate surface area is 138 Å². The minimum atomic E-state index is -0.0665. The molecule has 0 saturated heterocycles. The van der Waals surface area contributed by atoms with Crippen molar-refractivity contribution in [2.24, 2.45) is 11.8 Å². The van der Waals surface area contributed by atoms with E-state index in [2.05, 4.69) is 32.9 Å². The zero-order chi connectivity index (χ0) is 17.0. The normalized spacial score (nSPS) is 13.6. The van der Waals surface area contributed by atoms with Crippen LogP contribution in [0.15, 0.2) is 36.4 Å². The number of hydrogen-bond donors (Lipinski definition) is 2. The molecule has 0 amide bonds. The van der Waals surface area contributed by atoms with E-state index in [0.717, 1.165) is 29.7 Å². The van der Waals surface area contributed by atoms with Gasteiger partial charge in [-0.15, -0.1) is 0 Å². The fourth-order valence-corrected chi connectivity index (χ4v) is 2.91. The molecule has 2 rings (SSSR count). The molecule has 0 aliphatic carbocycles. The van der Waals surface area contributed by atoms with Crippen LogP contribution in [-0.2, 0) is 12.8 Å². The van der Waals surface area contributed by atoms with Crippen molar-refractivity contribution in [1.82, 2.24) is 0 Å². The number of benzene rings is 2. The molecule has 2 aromatic rings. The molecule has 2 atom stereocenters. The summed E-state index contributed by atoms with van der Waals surface area (Å²) >= 11 is 0. The Hall–Kier alpha value is -2.16. The van der Waals surface area contributed by atoms with Crippen molar-refractivity contribution in [3.05, 3.63) is 53.1 Å². The highest BCUT2D eigenvalue weighted by molar-refractivity contribution is 5.40. The molecule has 0 spiro atoms. The number of hydrogen-bond acceptors (Lipinski definition) is 3. The molecule has 2 N–H and O–H groups in total. The number of methoxy groups -OCH3 is 1. The van der Waals surface area contributed by atoms with Gasteiger partial charge < -0.3 is 14.9 Å². The summed E-state index contributed by atoms with van der Waals surface area (Å²) in [6.07, 6.45) is 1.89. The van der Waals surface area contributed by atoms with Gasteiger partial charge in [-0.1, -0.05) is 32.0 Å². The lowest BCUT2D eigenvalue weighted by atomic mass is 9.85. The van der Waals surface area contributed by atoms with E-state index in [1.807, 2.05) is 12.1 Å². The van der Waals surface area contributed by atoms with Gasteiger partial charge in [0.05, 0.1) is 7.11 Å². The molecule has 0 aromatic heterocycles. The highest BCUT2D eigenvalue weighted by Crippen LogP contribution is 2.28. The Bertz CT molecular complexity index is 664. The Morgan fingerprint density at radius 3 is 1.96 bits per heavy atom. The van der Waals surface area contributed by atoms with E-state index in [0.29, 0.717) is 11.8 Å². The molecule has 23 heavy (non-hydrogen) atoms. The lowest BCUT2D eigenvalue weighted by Gasteiger charge is -2.21. The molecule has 0 radical (unpaired) electrons. The van der Waals surface area contributed by atoms with Crippen LogP contribution in [0, 0.1) is 18.8 Å². The lowest BCUT2D eigenvalue weighted by molar-refractivity contribution is 0.379. The van der Waals surface area contributed by atoms with Crippen molar-refractivity contribution in [3.8, 4) is 17.2 Å². The van der Waals surface area contributed by atoms with Crippen LogP contribution in [0.3, 0.4) is 0 Å². The van der Waals surface area contributed by atoms with Crippen LogP contribution in [0.25, 0.3) is 0 Å². The summed E-state index contributed by atoms with van der Waals surface area (Å²) in [5.41, 5.74) is 3.52. The van der Waals surface area contributed by atoms with Crippen LogP contribution < -0.4 is 4.74 Å². The highest BCUT2D eigenvalue weighted by Gasteiger charge is 2.15. The van der Waals surface area contributed by atoms with E-state index >= 15 is 0 Å². The van der Waals surface area contributed by atoms with Crippen LogP contribution in [0.2, 0.25) is 0 Å². The van der Waals surface area contributed by atoms with Gasteiger partial charge in [-0.2, -0.15) is 0 Å². The van der Waals surface area contributed by atoms with E-state index in [-0.39, 0.29) is 11.5 Å². The smallest absolute Gasteiger partial charge is 0.157 e. The summed E-state index contributed by atoms with van der Waals surface area (Å²) in [5, 5.41) is 19.0. The molecule has 0 fully saturated rings. The van der Waals surface area contributed by atoms with Gasteiger partial charge in [-0.25, -0.2) is 0 Å². The maximum Gasteiger partial charge on any atom is 0.157 e. The van der Waals surface area contributed by atoms with E-state index in [1.165, 1.54) is 5.56 Å². The summed E-state index contributed by atoms with van der Waals surface area (Å²) in [5.74, 6) is 1.80. The lowest BCUT2D eigenvalue weighted by Crippen LogP contribution is -2.13. The third-order valence-corrected chi connectivity index (χ3v) is 4.59. The van der Waals surface area contributed by atoms with Crippen LogP contribution in [0.4, 0.5) is 0 Å². The van der Waals surface area contributed by atoms with Gasteiger partial charge in [0.2, 0.25) is 0 Å². The van der Waals surface area contributed by atoms with Crippen LogP contribution >= 0.6 is 0 Å². The first-order valence-corrected chi connectivity index (χ1v) is 8.05. The van der Waals surface area contributed by atoms with Gasteiger partial charge in [0.25, 0.3) is 0 Å². The van der Waals surface area contributed by atoms with Crippen molar-refractivity contribution in [3.63, 3.8) is 0 Å². The second kappa shape index (κ2) is 7.40. The molecule has 0 saturated carbocycles. The van der Waals surface area contributed by atoms with Gasteiger partial charge >= 0.3 is 0 Å². The first kappa shape index (κ1) is 17.2. The molecule has 3 heteroatoms. The fraction of sp³-hybridized carbons (Fsp3) is 0.400. The standard InChI is InChI=1S/C20H26O3/c1-13(9-16-6-8-20(23-4)15(3)11-16)14(2)10-17-5-7-18(21)19(22)12-17/h5-8,11-14,21-22H,9-10H2,1-4H3. The number of rotatable bonds is 6. The maximum atomic E-state index is 9.60. The monoisotopic (exact) mass is 314 g/mol. The second-order valence-corrected chi connectivity index (χ2v) is 6.49. The van der Waals surface area contributed by atoms with E-state index in [9.17, 15) is 10.2 Å². The number of phenols is 2. The van der Waals surface area contributed by atoms with E-state index in [1.54, 1.807) is 19.2 Å². The number of aryl methyl sites for hydroxylation is 1. The largest absolute Gasteiger partial charge is 0.504 e. The first-order chi connectivity index (χ1) is 10.9. The van der Waals surface area contributed by atoms with Gasteiger partial charge in [-0.3, -0.25) is 0 Å². The third kappa shape index (κ3) is 4.41. The van der Waals surface area contributed by atoms with Crippen molar-refractivity contribution >= 4 is 0 Å². The Morgan fingerprint density at radius 1 is 0.870 bits per heavy atom. The molecule has 0 heterocycles. The molecule has 124 valence electrons. The predicted octanol–water partition coefficient (Wildman–Crippen LogP) is 4.47. The Morgan fingerprint density at radius 2 is 1.43 bits per heavy atom. The number of ether oxygens (including phenoxy) is 1. The van der Waals surface area contributed by atoms with Gasteiger partial charge in [0.15, 0.2) is 11.5 Å². The molecule has 0 bridgehead atoms. The topological polar surface area (TPSA) is 49.7 Å². The quantitative estimate of drug-likeness (QED) is 0.773. The highest BCUT2D eigenvalue weighted by atomic mass is 16.5. The van der Waals surface area contributed by atoms with E-state index in [4.69, 9.17) is 4.74 Å². The molecule has 2 aromatic carbocycles. The zero-order valence-corrected chi connectivity index (χ0v) is 14.3. The summed E-state index contributed by atoms with van der Waals surface area (Å²) in [4.78, 5) is 0. The molecule has 3 nitrogen and oxygen atoms in total. The predicted molar refractivity (Wildman–Crippen MR) is 93.2 cm³/mol. The van der Waals surface area contributed by atoms with Crippen LogP contribution in [0.1, 0.15) is 30.5 Å². The molecular weight excluding hydrogens is 288 g/mol. The average molecular weight is 314 g/mol. The van der Waals surface area contributed by atoms with Crippen molar-refractivity contribution in [2.45, 2.75) is 33.6 Å². The van der Waals surface area contributed by atoms with E-state index < -0.39 is 0 Å². The SMILES string of the molecule is COc1ccc(CC(C)C(C)Cc2ccc(O)c(O)c2)cc1C. The van der Waals surface area contributed by atoms with Gasteiger partial charge in [0, 0.05) is 0 Å². The molecule has 0 aliphatic rings. The average Bonchev–Trinajstić information content (AvgIpc) is 2.51. The second-order valence-electron chi connectivity index (χ2n) is 6.49. The van der Waals surface area contributed by atoms with Gasteiger partial charge in [0.1, 0.15) is 5.75 Å². The summed E-state index contributed by atoms with van der Waals surface area (Å²) < 4.78 is 5.31. The fourth-order valence-electron chi connectivity index (χ4n) is 2.91.